The van der Waals surface area contributed by atoms with Gasteiger partial charge in [-0.15, -0.1) is 11.8 Å². The zero-order valence-electron chi connectivity index (χ0n) is 18.7. The summed E-state index contributed by atoms with van der Waals surface area (Å²) in [5, 5.41) is 4.15. The van der Waals surface area contributed by atoms with E-state index in [-0.39, 0.29) is 23.1 Å². The fraction of sp³-hybridized carbons (Fsp3) is 0.417. The molecule has 2 aromatic carbocycles. The number of benzene rings is 2. The van der Waals surface area contributed by atoms with Crippen LogP contribution in [0, 0.1) is 6.92 Å². The van der Waals surface area contributed by atoms with E-state index >= 15 is 0 Å². The van der Waals surface area contributed by atoms with Crippen LogP contribution < -0.4 is 5.32 Å². The highest BCUT2D eigenvalue weighted by Crippen LogP contribution is 2.25. The van der Waals surface area contributed by atoms with Gasteiger partial charge in [-0.1, -0.05) is 53.5 Å². The van der Waals surface area contributed by atoms with Crippen molar-refractivity contribution >= 4 is 46.8 Å². The first-order valence-electron chi connectivity index (χ1n) is 10.2. The van der Waals surface area contributed by atoms with Crippen LogP contribution in [-0.2, 0) is 21.9 Å². The molecule has 4 nitrogen and oxygen atoms in total. The van der Waals surface area contributed by atoms with Gasteiger partial charge in [0.2, 0.25) is 11.8 Å². The van der Waals surface area contributed by atoms with Crippen LogP contribution in [0.25, 0.3) is 0 Å². The third-order valence-electron chi connectivity index (χ3n) is 4.77. The zero-order valence-corrected chi connectivity index (χ0v) is 21.0. The van der Waals surface area contributed by atoms with Crippen molar-refractivity contribution in [1.82, 2.24) is 10.2 Å². The summed E-state index contributed by atoms with van der Waals surface area (Å²) in [5.74, 6) is 0.579. The quantitative estimate of drug-likeness (QED) is 0.513. The van der Waals surface area contributed by atoms with Crippen molar-refractivity contribution in [3.63, 3.8) is 0 Å². The molecule has 1 atom stereocenters. The van der Waals surface area contributed by atoms with Gasteiger partial charge in [-0.2, -0.15) is 0 Å². The lowest BCUT2D eigenvalue weighted by molar-refractivity contribution is -0.139. The Morgan fingerprint density at radius 1 is 1.10 bits per heavy atom. The first-order chi connectivity index (χ1) is 14.5. The van der Waals surface area contributed by atoms with Crippen molar-refractivity contribution in [2.75, 3.05) is 5.75 Å². The number of nitrogens with zero attached hydrogens (tertiary/aromatic N) is 1. The summed E-state index contributed by atoms with van der Waals surface area (Å²) in [6.45, 7) is 9.95. The van der Waals surface area contributed by atoms with Gasteiger partial charge in [0.15, 0.2) is 0 Å². The normalized spacial score (nSPS) is 12.4. The van der Waals surface area contributed by atoms with E-state index in [2.05, 4.69) is 5.32 Å². The number of thioether (sulfide) groups is 1. The topological polar surface area (TPSA) is 49.4 Å². The van der Waals surface area contributed by atoms with Gasteiger partial charge in [0.05, 0.1) is 5.75 Å². The van der Waals surface area contributed by atoms with Gasteiger partial charge in [-0.25, -0.2) is 0 Å². The molecule has 0 radical (unpaired) electrons. The number of rotatable bonds is 8. The highest BCUT2D eigenvalue weighted by Gasteiger charge is 2.28. The van der Waals surface area contributed by atoms with E-state index in [0.29, 0.717) is 22.3 Å². The molecule has 1 N–H and O–H groups in total. The Hall–Kier alpha value is -1.69. The van der Waals surface area contributed by atoms with Crippen LogP contribution in [0.2, 0.25) is 10.0 Å². The van der Waals surface area contributed by atoms with Crippen LogP contribution >= 0.6 is 35.0 Å². The van der Waals surface area contributed by atoms with Crippen molar-refractivity contribution in [2.24, 2.45) is 0 Å². The van der Waals surface area contributed by atoms with Crippen molar-refractivity contribution < 1.29 is 9.59 Å². The molecule has 168 valence electrons. The Bertz CT molecular complexity index is 928. The molecule has 0 aliphatic rings. The molecule has 0 aliphatic heterocycles. The number of carbonyl (C=O) groups is 2. The molecule has 0 saturated heterocycles. The fourth-order valence-corrected chi connectivity index (χ4v) is 4.47. The van der Waals surface area contributed by atoms with Gasteiger partial charge in [-0.3, -0.25) is 9.59 Å². The Balaban J connectivity index is 2.13. The monoisotopic (exact) mass is 480 g/mol. The number of halogens is 2. The van der Waals surface area contributed by atoms with Gasteiger partial charge < -0.3 is 10.2 Å². The molecule has 0 unspecified atom stereocenters. The van der Waals surface area contributed by atoms with E-state index < -0.39 is 6.04 Å². The summed E-state index contributed by atoms with van der Waals surface area (Å²) in [6, 6.07) is 12.7. The van der Waals surface area contributed by atoms with Gasteiger partial charge in [0.25, 0.3) is 0 Å². The fourth-order valence-electron chi connectivity index (χ4n) is 3.00. The second kappa shape index (κ2) is 11.3. The van der Waals surface area contributed by atoms with Crippen LogP contribution in [0.3, 0.4) is 0 Å². The maximum Gasteiger partial charge on any atom is 0.242 e. The summed E-state index contributed by atoms with van der Waals surface area (Å²) in [4.78, 5) is 27.6. The zero-order chi connectivity index (χ0) is 23.2. The molecule has 0 fully saturated rings. The Morgan fingerprint density at radius 2 is 1.77 bits per heavy atom. The molecule has 0 aromatic heterocycles. The van der Waals surface area contributed by atoms with Crippen molar-refractivity contribution in [3.05, 3.63) is 69.2 Å². The van der Waals surface area contributed by atoms with E-state index in [1.54, 1.807) is 24.0 Å². The first-order valence-corrected chi connectivity index (χ1v) is 12.1. The molecule has 2 amide bonds. The van der Waals surface area contributed by atoms with E-state index in [0.717, 1.165) is 16.7 Å². The number of nitrogens with one attached hydrogen (secondary N) is 1. The van der Waals surface area contributed by atoms with Crippen molar-refractivity contribution in [3.8, 4) is 0 Å². The molecule has 2 rings (SSSR count). The minimum Gasteiger partial charge on any atom is -0.350 e. The van der Waals surface area contributed by atoms with Crippen LogP contribution in [0.1, 0.15) is 44.4 Å². The Morgan fingerprint density at radius 3 is 2.39 bits per heavy atom. The summed E-state index contributed by atoms with van der Waals surface area (Å²) in [7, 11) is 0. The maximum atomic E-state index is 13.2. The SMILES string of the molecule is Cc1ccccc1CN(C(=O)CSCc1ccc(Cl)cc1Cl)[C@@H](C)C(=O)NC(C)(C)C. The van der Waals surface area contributed by atoms with E-state index in [1.807, 2.05) is 58.0 Å². The highest BCUT2D eigenvalue weighted by atomic mass is 35.5. The van der Waals surface area contributed by atoms with Crippen LogP contribution in [0.15, 0.2) is 42.5 Å². The third-order valence-corrected chi connectivity index (χ3v) is 6.32. The third kappa shape index (κ3) is 8.06. The average molecular weight is 481 g/mol. The minimum atomic E-state index is -0.592. The van der Waals surface area contributed by atoms with Gasteiger partial charge >= 0.3 is 0 Å². The Kier molecular flexibility index (Phi) is 9.28. The molecular weight excluding hydrogens is 451 g/mol. The molecule has 0 heterocycles. The number of hydrogen-bond donors (Lipinski definition) is 1. The van der Waals surface area contributed by atoms with Crippen LogP contribution in [0.4, 0.5) is 0 Å². The number of amides is 2. The standard InChI is InChI=1S/C24H30Cl2N2O2S/c1-16-8-6-7-9-18(16)13-28(17(2)23(30)27-24(3,4)5)22(29)15-31-14-19-10-11-20(25)12-21(19)26/h6-12,17H,13-15H2,1-5H3,(H,27,30)/t17-/m0/s1. The highest BCUT2D eigenvalue weighted by molar-refractivity contribution is 7.99. The van der Waals surface area contributed by atoms with Crippen molar-refractivity contribution in [1.29, 1.82) is 0 Å². The lowest BCUT2D eigenvalue weighted by Gasteiger charge is -2.31. The predicted molar refractivity (Wildman–Crippen MR) is 132 cm³/mol. The van der Waals surface area contributed by atoms with E-state index in [4.69, 9.17) is 23.2 Å². The minimum absolute atomic E-state index is 0.0881. The summed E-state index contributed by atoms with van der Waals surface area (Å²) < 4.78 is 0. The van der Waals surface area contributed by atoms with Gasteiger partial charge in [0.1, 0.15) is 6.04 Å². The molecule has 0 saturated carbocycles. The number of hydrogen-bond acceptors (Lipinski definition) is 3. The van der Waals surface area contributed by atoms with E-state index in [1.165, 1.54) is 11.8 Å². The van der Waals surface area contributed by atoms with Crippen LogP contribution in [-0.4, -0.2) is 34.0 Å². The second-order valence-electron chi connectivity index (χ2n) is 8.59. The molecule has 0 aliphatic carbocycles. The summed E-state index contributed by atoms with van der Waals surface area (Å²) in [6.07, 6.45) is 0. The molecule has 31 heavy (non-hydrogen) atoms. The predicted octanol–water partition coefficient (Wildman–Crippen LogP) is 5.87. The number of aryl methyl sites for hydroxylation is 1. The smallest absolute Gasteiger partial charge is 0.242 e. The summed E-state index contributed by atoms with van der Waals surface area (Å²) in [5.41, 5.74) is 2.66. The molecular formula is C24H30Cl2N2O2S. The van der Waals surface area contributed by atoms with Crippen LogP contribution in [0.5, 0.6) is 0 Å². The number of carbonyl (C=O) groups excluding carboxylic acids is 2. The molecule has 7 heteroatoms. The molecule has 0 spiro atoms. The summed E-state index contributed by atoms with van der Waals surface area (Å²) >= 11 is 13.7. The van der Waals surface area contributed by atoms with Gasteiger partial charge in [0, 0.05) is 27.9 Å². The first kappa shape index (κ1) is 25.6. The lowest BCUT2D eigenvalue weighted by atomic mass is 10.1. The second-order valence-corrected chi connectivity index (χ2v) is 10.4. The molecule has 2 aromatic rings. The maximum absolute atomic E-state index is 13.2. The largest absolute Gasteiger partial charge is 0.350 e. The van der Waals surface area contributed by atoms with E-state index in [9.17, 15) is 9.59 Å². The average Bonchev–Trinajstić information content (AvgIpc) is 2.67. The molecule has 0 bridgehead atoms. The Labute approximate surface area is 199 Å². The lowest BCUT2D eigenvalue weighted by Crippen LogP contribution is -2.52. The van der Waals surface area contributed by atoms with Crippen molar-refractivity contribution in [2.45, 2.75) is 58.5 Å². The van der Waals surface area contributed by atoms with Gasteiger partial charge in [-0.05, 0) is 63.4 Å².